The van der Waals surface area contributed by atoms with Crippen molar-refractivity contribution in [1.82, 2.24) is 14.6 Å². The normalized spacial score (nSPS) is 16.1. The maximum Gasteiger partial charge on any atom is 0.272 e. The van der Waals surface area contributed by atoms with E-state index in [0.717, 1.165) is 5.56 Å². The maximum atomic E-state index is 12.7. The van der Waals surface area contributed by atoms with Crippen LogP contribution in [0.2, 0.25) is 0 Å². The number of rotatable bonds is 6. The van der Waals surface area contributed by atoms with Gasteiger partial charge in [0.1, 0.15) is 23.7 Å². The van der Waals surface area contributed by atoms with Gasteiger partial charge in [0, 0.05) is 30.4 Å². The third-order valence-corrected chi connectivity index (χ3v) is 4.42. The Morgan fingerprint density at radius 2 is 2.21 bits per heavy atom. The lowest BCUT2D eigenvalue weighted by Crippen LogP contribution is -2.24. The van der Waals surface area contributed by atoms with Crippen molar-refractivity contribution >= 4 is 11.3 Å². The van der Waals surface area contributed by atoms with Gasteiger partial charge in [-0.1, -0.05) is 0 Å². The van der Waals surface area contributed by atoms with Gasteiger partial charge in [0.2, 0.25) is 0 Å². The molecule has 0 radical (unpaired) electrons. The highest BCUT2D eigenvalue weighted by Gasteiger charge is 2.32. The number of halogens is 2. The van der Waals surface area contributed by atoms with Gasteiger partial charge in [-0.15, -0.1) is 0 Å². The largest absolute Gasteiger partial charge is 0.487 e. The van der Waals surface area contributed by atoms with Gasteiger partial charge in [0.05, 0.1) is 17.4 Å². The Morgan fingerprint density at radius 3 is 3.00 bits per heavy atom. The Morgan fingerprint density at radius 1 is 1.39 bits per heavy atom. The van der Waals surface area contributed by atoms with Gasteiger partial charge >= 0.3 is 0 Å². The number of alkyl halides is 2. The van der Waals surface area contributed by atoms with Crippen LogP contribution in [0.1, 0.15) is 31.2 Å². The molecule has 0 saturated heterocycles. The van der Waals surface area contributed by atoms with Crippen molar-refractivity contribution in [3.05, 3.63) is 47.9 Å². The molecule has 0 aliphatic carbocycles. The quantitative estimate of drug-likeness (QED) is 0.629. The Labute approximate surface area is 159 Å². The lowest BCUT2D eigenvalue weighted by molar-refractivity contribution is 0.0816. The number of hydrogen-bond acceptors (Lipinski definition) is 6. The lowest BCUT2D eigenvalue weighted by atomic mass is 10.0. The summed E-state index contributed by atoms with van der Waals surface area (Å²) < 4.78 is 38.0. The minimum Gasteiger partial charge on any atom is -0.487 e. The molecule has 28 heavy (non-hydrogen) atoms. The van der Waals surface area contributed by atoms with Crippen LogP contribution in [0, 0.1) is 0 Å². The number of anilines is 1. The average molecular weight is 390 g/mol. The molecule has 3 aromatic rings. The Balaban J connectivity index is 1.65. The van der Waals surface area contributed by atoms with Crippen LogP contribution in [-0.2, 0) is 6.42 Å². The van der Waals surface area contributed by atoms with Gasteiger partial charge in [0.25, 0.3) is 6.43 Å². The highest BCUT2D eigenvalue weighted by Crippen LogP contribution is 2.42. The molecule has 148 valence electrons. The van der Waals surface area contributed by atoms with E-state index >= 15 is 0 Å². The lowest BCUT2D eigenvalue weighted by Gasteiger charge is -2.18. The van der Waals surface area contributed by atoms with E-state index < -0.39 is 24.9 Å². The SMILES string of the molecule is CC1(C)Cc2cc(NC(O)c3cnn4cccnc34)c(OCC(F)F)cc2O1. The molecule has 0 saturated carbocycles. The van der Waals surface area contributed by atoms with Crippen LogP contribution in [0.15, 0.2) is 36.8 Å². The van der Waals surface area contributed by atoms with Crippen LogP contribution >= 0.6 is 0 Å². The second-order valence-electron chi connectivity index (χ2n) is 7.23. The zero-order valence-electron chi connectivity index (χ0n) is 15.4. The van der Waals surface area contributed by atoms with Crippen molar-refractivity contribution in [2.24, 2.45) is 0 Å². The molecule has 1 atom stereocenters. The number of aliphatic hydroxyl groups is 1. The molecule has 7 nitrogen and oxygen atoms in total. The number of ether oxygens (including phenoxy) is 2. The smallest absolute Gasteiger partial charge is 0.272 e. The van der Waals surface area contributed by atoms with Crippen molar-refractivity contribution in [3.8, 4) is 11.5 Å². The van der Waals surface area contributed by atoms with Gasteiger partial charge in [-0.05, 0) is 26.0 Å². The molecule has 0 amide bonds. The molecule has 0 bridgehead atoms. The zero-order chi connectivity index (χ0) is 19.9. The first-order chi connectivity index (χ1) is 13.3. The molecular weight excluding hydrogens is 370 g/mol. The molecule has 1 unspecified atom stereocenters. The van der Waals surface area contributed by atoms with E-state index in [4.69, 9.17) is 9.47 Å². The van der Waals surface area contributed by atoms with Crippen LogP contribution in [0.3, 0.4) is 0 Å². The third-order valence-electron chi connectivity index (χ3n) is 4.42. The molecule has 9 heteroatoms. The van der Waals surface area contributed by atoms with E-state index in [9.17, 15) is 13.9 Å². The molecule has 1 aliphatic heterocycles. The van der Waals surface area contributed by atoms with Gasteiger partial charge in [-0.3, -0.25) is 0 Å². The van der Waals surface area contributed by atoms with Crippen molar-refractivity contribution in [1.29, 1.82) is 0 Å². The third kappa shape index (κ3) is 3.57. The first kappa shape index (κ1) is 18.4. The molecule has 4 rings (SSSR count). The van der Waals surface area contributed by atoms with Gasteiger partial charge in [-0.25, -0.2) is 18.3 Å². The fourth-order valence-corrected chi connectivity index (χ4v) is 3.28. The minimum atomic E-state index is -2.62. The Bertz CT molecular complexity index is 1010. The summed E-state index contributed by atoms with van der Waals surface area (Å²) in [6.07, 6.45) is 1.69. The van der Waals surface area contributed by atoms with E-state index in [0.29, 0.717) is 29.1 Å². The Kier molecular flexibility index (Phi) is 4.54. The summed E-state index contributed by atoms with van der Waals surface area (Å²) in [6.45, 7) is 3.13. The van der Waals surface area contributed by atoms with Crippen molar-refractivity contribution in [3.63, 3.8) is 0 Å². The van der Waals surface area contributed by atoms with E-state index in [-0.39, 0.29) is 5.75 Å². The number of aliphatic hydroxyl groups excluding tert-OH is 1. The molecule has 2 N–H and O–H groups in total. The summed E-state index contributed by atoms with van der Waals surface area (Å²) in [6, 6.07) is 5.06. The first-order valence-corrected chi connectivity index (χ1v) is 8.82. The van der Waals surface area contributed by atoms with Gasteiger partial charge in [0.15, 0.2) is 11.9 Å². The standard InChI is InChI=1S/C19H20F2N4O3/c1-19(2)8-11-6-13(15(7-14(11)28-19)27-10-16(20)21)24-18(26)12-9-23-25-5-3-4-22-17(12)25/h3-7,9,16,18,24,26H,8,10H2,1-2H3. The van der Waals surface area contributed by atoms with Gasteiger partial charge < -0.3 is 19.9 Å². The molecule has 3 heterocycles. The fourth-order valence-electron chi connectivity index (χ4n) is 3.28. The Hall–Kier alpha value is -2.94. The average Bonchev–Trinajstić information content (AvgIpc) is 3.18. The summed E-state index contributed by atoms with van der Waals surface area (Å²) >= 11 is 0. The van der Waals surface area contributed by atoms with Crippen molar-refractivity contribution in [2.75, 3.05) is 11.9 Å². The number of hydrogen-bond donors (Lipinski definition) is 2. The number of nitrogens with zero attached hydrogens (tertiary/aromatic N) is 3. The number of aromatic nitrogens is 3. The second kappa shape index (κ2) is 6.90. The highest BCUT2D eigenvalue weighted by atomic mass is 19.3. The number of benzene rings is 1. The zero-order valence-corrected chi connectivity index (χ0v) is 15.4. The van der Waals surface area contributed by atoms with E-state index in [1.165, 1.54) is 10.7 Å². The summed E-state index contributed by atoms with van der Waals surface area (Å²) in [5, 5.41) is 17.7. The summed E-state index contributed by atoms with van der Waals surface area (Å²) in [4.78, 5) is 4.21. The molecule has 2 aromatic heterocycles. The van der Waals surface area contributed by atoms with E-state index in [1.54, 1.807) is 30.6 Å². The van der Waals surface area contributed by atoms with Gasteiger partial charge in [-0.2, -0.15) is 5.10 Å². The van der Waals surface area contributed by atoms with Crippen molar-refractivity contribution < 1.29 is 23.4 Å². The van der Waals surface area contributed by atoms with Crippen LogP contribution in [0.25, 0.3) is 5.65 Å². The van der Waals surface area contributed by atoms with Crippen LogP contribution in [-0.4, -0.2) is 38.3 Å². The molecule has 0 fully saturated rings. The summed E-state index contributed by atoms with van der Waals surface area (Å²) in [5.41, 5.74) is 1.84. The first-order valence-electron chi connectivity index (χ1n) is 8.82. The van der Waals surface area contributed by atoms with Crippen molar-refractivity contribution in [2.45, 2.75) is 38.5 Å². The highest BCUT2D eigenvalue weighted by molar-refractivity contribution is 5.64. The van der Waals surface area contributed by atoms with E-state index in [2.05, 4.69) is 15.4 Å². The number of nitrogens with one attached hydrogen (secondary N) is 1. The predicted molar refractivity (Wildman–Crippen MR) is 97.9 cm³/mol. The maximum absolute atomic E-state index is 12.7. The second-order valence-corrected chi connectivity index (χ2v) is 7.23. The number of fused-ring (bicyclic) bond motifs is 2. The van der Waals surface area contributed by atoms with Crippen LogP contribution < -0.4 is 14.8 Å². The molecule has 1 aliphatic rings. The van der Waals surface area contributed by atoms with Crippen LogP contribution in [0.5, 0.6) is 11.5 Å². The molecule has 0 spiro atoms. The topological polar surface area (TPSA) is 80.9 Å². The monoisotopic (exact) mass is 390 g/mol. The minimum absolute atomic E-state index is 0.181. The fraction of sp³-hybridized carbons (Fsp3) is 0.368. The van der Waals surface area contributed by atoms with Crippen LogP contribution in [0.4, 0.5) is 14.5 Å². The van der Waals surface area contributed by atoms with E-state index in [1.807, 2.05) is 13.8 Å². The predicted octanol–water partition coefficient (Wildman–Crippen LogP) is 3.19. The molecular formula is C19H20F2N4O3. The summed E-state index contributed by atoms with van der Waals surface area (Å²) in [7, 11) is 0. The molecule has 1 aromatic carbocycles. The summed E-state index contributed by atoms with van der Waals surface area (Å²) in [5.74, 6) is 0.771.